The summed E-state index contributed by atoms with van der Waals surface area (Å²) in [5.74, 6) is -0.463. The van der Waals surface area contributed by atoms with Crippen LogP contribution < -0.4 is 0 Å². The van der Waals surface area contributed by atoms with Gasteiger partial charge in [0.1, 0.15) is 11.6 Å². The first-order valence-corrected chi connectivity index (χ1v) is 4.08. The maximum atomic E-state index is 11.1. The summed E-state index contributed by atoms with van der Waals surface area (Å²) in [5, 5.41) is 8.65. The highest BCUT2D eigenvalue weighted by atomic mass is 16.5. The molecule has 0 unspecified atom stereocenters. The molecule has 3 nitrogen and oxygen atoms in total. The molecule has 0 aromatic carbocycles. The van der Waals surface area contributed by atoms with Gasteiger partial charge in [0.2, 0.25) is 0 Å². The minimum atomic E-state index is -0.463. The largest absolute Gasteiger partial charge is 0.462 e. The van der Waals surface area contributed by atoms with Crippen LogP contribution >= 0.6 is 0 Å². The molecule has 0 N–H and O–H groups in total. The fraction of sp³-hybridized carbons (Fsp3) is 0.556. The molecule has 1 aliphatic rings. The normalized spacial score (nSPS) is 14.5. The Kier molecular flexibility index (Phi) is 2.87. The molecule has 0 atom stereocenters. The van der Waals surface area contributed by atoms with Gasteiger partial charge in [-0.3, -0.25) is 0 Å². The van der Waals surface area contributed by atoms with Crippen LogP contribution in [0.3, 0.4) is 0 Å². The van der Waals surface area contributed by atoms with Gasteiger partial charge < -0.3 is 4.74 Å². The van der Waals surface area contributed by atoms with Gasteiger partial charge >= 0.3 is 5.97 Å². The molecule has 1 aliphatic carbocycles. The molecule has 64 valence electrons. The van der Waals surface area contributed by atoms with E-state index in [9.17, 15) is 4.79 Å². The zero-order valence-corrected chi connectivity index (χ0v) is 7.09. The van der Waals surface area contributed by atoms with Crippen LogP contribution in [0.15, 0.2) is 11.1 Å². The Morgan fingerprint density at radius 2 is 2.33 bits per heavy atom. The molecule has 0 heterocycles. The Hall–Kier alpha value is -1.30. The first kappa shape index (κ1) is 8.79. The number of carbonyl (C=O) groups excluding carboxylic acids is 1. The van der Waals surface area contributed by atoms with Crippen molar-refractivity contribution in [2.75, 3.05) is 6.61 Å². The molecule has 0 bridgehead atoms. The zero-order chi connectivity index (χ0) is 8.97. The van der Waals surface area contributed by atoms with E-state index in [1.165, 1.54) is 0 Å². The summed E-state index contributed by atoms with van der Waals surface area (Å²) in [6.45, 7) is 2.07. The van der Waals surface area contributed by atoms with Crippen LogP contribution in [0.25, 0.3) is 0 Å². The van der Waals surface area contributed by atoms with Crippen molar-refractivity contribution in [2.45, 2.75) is 26.2 Å². The second-order valence-electron chi connectivity index (χ2n) is 2.66. The molecule has 1 rings (SSSR count). The molecular formula is C9H11NO2. The van der Waals surface area contributed by atoms with E-state index in [1.807, 2.05) is 6.07 Å². The molecule has 0 aromatic rings. The van der Waals surface area contributed by atoms with Crippen molar-refractivity contribution in [3.8, 4) is 6.07 Å². The van der Waals surface area contributed by atoms with Crippen LogP contribution in [0.5, 0.6) is 0 Å². The Morgan fingerprint density at radius 1 is 1.67 bits per heavy atom. The van der Waals surface area contributed by atoms with E-state index in [4.69, 9.17) is 10.00 Å². The number of ether oxygens (including phenoxy) is 1. The lowest BCUT2D eigenvalue weighted by Gasteiger charge is -2.17. The molecule has 3 heteroatoms. The van der Waals surface area contributed by atoms with Gasteiger partial charge in [-0.05, 0) is 31.8 Å². The fourth-order valence-electron chi connectivity index (χ4n) is 1.08. The van der Waals surface area contributed by atoms with Crippen LogP contribution in [0.1, 0.15) is 26.2 Å². The lowest BCUT2D eigenvalue weighted by atomic mass is 9.88. The lowest BCUT2D eigenvalue weighted by molar-refractivity contribution is -0.138. The Balaban J connectivity index is 2.69. The summed E-state index contributed by atoms with van der Waals surface area (Å²) in [6.07, 6.45) is 2.84. The van der Waals surface area contributed by atoms with Gasteiger partial charge in [0.05, 0.1) is 6.61 Å². The van der Waals surface area contributed by atoms with Gasteiger partial charge in [-0.15, -0.1) is 0 Å². The van der Waals surface area contributed by atoms with E-state index in [0.717, 1.165) is 24.8 Å². The maximum absolute atomic E-state index is 11.1. The molecule has 0 spiro atoms. The highest BCUT2D eigenvalue weighted by Crippen LogP contribution is 2.28. The molecule has 1 fully saturated rings. The standard InChI is InChI=1S/C9H11NO2/c1-2-12-9(11)8(6-10)7-4-3-5-7/h2-5H2,1H3. The SMILES string of the molecule is CCOC(=O)C(C#N)=C1CCC1. The smallest absolute Gasteiger partial charge is 0.348 e. The summed E-state index contributed by atoms with van der Waals surface area (Å²) < 4.78 is 4.73. The highest BCUT2D eigenvalue weighted by Gasteiger charge is 2.20. The van der Waals surface area contributed by atoms with Crippen molar-refractivity contribution in [3.05, 3.63) is 11.1 Å². The molecule has 0 saturated heterocycles. The second-order valence-corrected chi connectivity index (χ2v) is 2.66. The van der Waals surface area contributed by atoms with Gasteiger partial charge in [0.15, 0.2) is 0 Å². The van der Waals surface area contributed by atoms with Crippen LogP contribution in [0.2, 0.25) is 0 Å². The molecule has 12 heavy (non-hydrogen) atoms. The summed E-state index contributed by atoms with van der Waals surface area (Å²) in [5.41, 5.74) is 1.18. The Bertz CT molecular complexity index is 254. The topological polar surface area (TPSA) is 50.1 Å². The minimum absolute atomic E-state index is 0.225. The van der Waals surface area contributed by atoms with E-state index in [2.05, 4.69) is 0 Å². The predicted octanol–water partition coefficient (Wildman–Crippen LogP) is 1.55. The van der Waals surface area contributed by atoms with Gasteiger partial charge in [0.25, 0.3) is 0 Å². The zero-order valence-electron chi connectivity index (χ0n) is 7.09. The summed E-state index contributed by atoms with van der Waals surface area (Å²) >= 11 is 0. The first-order chi connectivity index (χ1) is 5.79. The molecular weight excluding hydrogens is 154 g/mol. The lowest BCUT2D eigenvalue weighted by Crippen LogP contribution is -2.12. The maximum Gasteiger partial charge on any atom is 0.348 e. The third-order valence-corrected chi connectivity index (χ3v) is 1.90. The summed E-state index contributed by atoms with van der Waals surface area (Å²) in [7, 11) is 0. The van der Waals surface area contributed by atoms with Crippen molar-refractivity contribution in [1.82, 2.24) is 0 Å². The fourth-order valence-corrected chi connectivity index (χ4v) is 1.08. The van der Waals surface area contributed by atoms with Crippen molar-refractivity contribution in [1.29, 1.82) is 5.26 Å². The number of hydrogen-bond acceptors (Lipinski definition) is 3. The van der Waals surface area contributed by atoms with Crippen molar-refractivity contribution < 1.29 is 9.53 Å². The molecule has 0 amide bonds. The summed E-state index contributed by atoms with van der Waals surface area (Å²) in [4.78, 5) is 11.1. The van der Waals surface area contributed by atoms with Gasteiger partial charge in [0, 0.05) is 0 Å². The first-order valence-electron chi connectivity index (χ1n) is 4.08. The number of rotatable bonds is 2. The van der Waals surface area contributed by atoms with Crippen molar-refractivity contribution in [3.63, 3.8) is 0 Å². The average molecular weight is 165 g/mol. The minimum Gasteiger partial charge on any atom is -0.462 e. The third-order valence-electron chi connectivity index (χ3n) is 1.90. The number of nitrogens with zero attached hydrogens (tertiary/aromatic N) is 1. The van der Waals surface area contributed by atoms with Gasteiger partial charge in [-0.2, -0.15) is 5.26 Å². The van der Waals surface area contributed by atoms with Gasteiger partial charge in [-0.25, -0.2) is 4.79 Å². The van der Waals surface area contributed by atoms with E-state index >= 15 is 0 Å². The predicted molar refractivity (Wildman–Crippen MR) is 43.1 cm³/mol. The average Bonchev–Trinajstić information content (AvgIpc) is 1.96. The number of nitriles is 1. The van der Waals surface area contributed by atoms with Crippen molar-refractivity contribution in [2.24, 2.45) is 0 Å². The monoisotopic (exact) mass is 165 g/mol. The molecule has 0 radical (unpaired) electrons. The van der Waals surface area contributed by atoms with Crippen LogP contribution in [0.4, 0.5) is 0 Å². The number of allylic oxidation sites excluding steroid dienone is 1. The van der Waals surface area contributed by atoms with Crippen LogP contribution in [0, 0.1) is 11.3 Å². The number of hydrogen-bond donors (Lipinski definition) is 0. The Morgan fingerprint density at radius 3 is 2.67 bits per heavy atom. The summed E-state index contributed by atoms with van der Waals surface area (Å²) in [6, 6.07) is 1.89. The number of carbonyl (C=O) groups is 1. The quantitative estimate of drug-likeness (QED) is 0.354. The van der Waals surface area contributed by atoms with E-state index in [0.29, 0.717) is 6.61 Å². The van der Waals surface area contributed by atoms with Crippen LogP contribution in [-0.4, -0.2) is 12.6 Å². The second kappa shape index (κ2) is 3.91. The van der Waals surface area contributed by atoms with E-state index in [-0.39, 0.29) is 5.57 Å². The number of esters is 1. The highest BCUT2D eigenvalue weighted by molar-refractivity contribution is 5.93. The van der Waals surface area contributed by atoms with E-state index < -0.39 is 5.97 Å². The molecule has 0 aromatic heterocycles. The molecule has 0 aliphatic heterocycles. The van der Waals surface area contributed by atoms with E-state index in [1.54, 1.807) is 6.92 Å². The Labute approximate surface area is 71.6 Å². The third kappa shape index (κ3) is 1.65. The van der Waals surface area contributed by atoms with Crippen LogP contribution in [-0.2, 0) is 9.53 Å². The van der Waals surface area contributed by atoms with Gasteiger partial charge in [-0.1, -0.05) is 0 Å². The van der Waals surface area contributed by atoms with Crippen molar-refractivity contribution >= 4 is 5.97 Å². The molecule has 1 saturated carbocycles.